The maximum Gasteiger partial charge on any atom is 0.288 e. The summed E-state index contributed by atoms with van der Waals surface area (Å²) in [6, 6.07) is 0. The topological polar surface area (TPSA) is 88.5 Å². The molecular formula is C9H12N6O. The van der Waals surface area contributed by atoms with E-state index in [9.17, 15) is 4.79 Å². The van der Waals surface area contributed by atoms with Crippen LogP contribution in [-0.2, 0) is 13.5 Å². The highest BCUT2D eigenvalue weighted by Gasteiger charge is 2.07. The molecule has 2 heterocycles. The van der Waals surface area contributed by atoms with Gasteiger partial charge in [0, 0.05) is 19.8 Å². The number of carbonyl (C=O) groups excluding carboxylic acids is 1. The van der Waals surface area contributed by atoms with Gasteiger partial charge in [0.05, 0.1) is 6.20 Å². The monoisotopic (exact) mass is 220 g/mol. The summed E-state index contributed by atoms with van der Waals surface area (Å²) in [5.74, 6) is -0.0208. The SMILES string of the molecule is Cn1cc(CCNC(=O)c2ncn[nH]2)cn1. The predicted octanol–water partition coefficient (Wildman–Crippen LogP) is -0.489. The first-order chi connectivity index (χ1) is 7.75. The molecule has 0 saturated heterocycles. The Bertz CT molecular complexity index is 460. The molecule has 2 aromatic heterocycles. The number of amides is 1. The van der Waals surface area contributed by atoms with Crippen molar-refractivity contribution in [1.29, 1.82) is 0 Å². The fraction of sp³-hybridized carbons (Fsp3) is 0.333. The lowest BCUT2D eigenvalue weighted by Gasteiger charge is -2.00. The van der Waals surface area contributed by atoms with Gasteiger partial charge in [-0.2, -0.15) is 10.2 Å². The molecule has 2 aromatic rings. The van der Waals surface area contributed by atoms with E-state index in [1.54, 1.807) is 10.9 Å². The van der Waals surface area contributed by atoms with Crippen LogP contribution in [-0.4, -0.2) is 37.4 Å². The summed E-state index contributed by atoms with van der Waals surface area (Å²) in [5.41, 5.74) is 1.08. The van der Waals surface area contributed by atoms with Gasteiger partial charge < -0.3 is 5.32 Å². The van der Waals surface area contributed by atoms with E-state index in [0.717, 1.165) is 12.0 Å². The van der Waals surface area contributed by atoms with Gasteiger partial charge in [-0.05, 0) is 12.0 Å². The molecule has 0 radical (unpaired) electrons. The molecule has 2 rings (SSSR count). The molecule has 0 saturated carbocycles. The summed E-state index contributed by atoms with van der Waals surface area (Å²) >= 11 is 0. The highest BCUT2D eigenvalue weighted by molar-refractivity contribution is 5.90. The highest BCUT2D eigenvalue weighted by atomic mass is 16.2. The van der Waals surface area contributed by atoms with Crippen molar-refractivity contribution in [2.45, 2.75) is 6.42 Å². The molecule has 0 aliphatic heterocycles. The van der Waals surface area contributed by atoms with Crippen LogP contribution in [0.1, 0.15) is 16.2 Å². The maximum absolute atomic E-state index is 11.4. The van der Waals surface area contributed by atoms with Crippen molar-refractivity contribution in [1.82, 2.24) is 30.3 Å². The molecule has 7 heteroatoms. The lowest BCUT2D eigenvalue weighted by molar-refractivity contribution is 0.0944. The fourth-order valence-corrected chi connectivity index (χ4v) is 1.32. The highest BCUT2D eigenvalue weighted by Crippen LogP contribution is 1.96. The molecule has 0 aliphatic rings. The molecular weight excluding hydrogens is 208 g/mol. The minimum absolute atomic E-state index is 0.228. The number of hydrogen-bond donors (Lipinski definition) is 2. The summed E-state index contributed by atoms with van der Waals surface area (Å²) in [4.78, 5) is 15.2. The second-order valence-corrected chi connectivity index (χ2v) is 3.36. The summed E-state index contributed by atoms with van der Waals surface area (Å²) in [7, 11) is 1.86. The standard InChI is InChI=1S/C9H12N6O/c1-15-5-7(4-13-15)2-3-10-9(16)8-11-6-12-14-8/h4-6H,2-3H2,1H3,(H,10,16)(H,11,12,14). The third kappa shape index (κ3) is 2.44. The Labute approximate surface area is 91.9 Å². The average Bonchev–Trinajstić information content (AvgIpc) is 2.89. The number of aryl methyl sites for hydroxylation is 1. The van der Waals surface area contributed by atoms with Crippen molar-refractivity contribution < 1.29 is 4.79 Å². The average molecular weight is 220 g/mol. The van der Waals surface area contributed by atoms with Gasteiger partial charge in [0.2, 0.25) is 5.82 Å². The van der Waals surface area contributed by atoms with Gasteiger partial charge >= 0.3 is 0 Å². The number of nitrogens with zero attached hydrogens (tertiary/aromatic N) is 4. The van der Waals surface area contributed by atoms with Crippen molar-refractivity contribution in [3.63, 3.8) is 0 Å². The third-order valence-corrected chi connectivity index (χ3v) is 2.09. The van der Waals surface area contributed by atoms with Gasteiger partial charge in [-0.3, -0.25) is 14.6 Å². The first kappa shape index (κ1) is 10.3. The molecule has 1 amide bonds. The van der Waals surface area contributed by atoms with Crippen LogP contribution in [0.15, 0.2) is 18.7 Å². The number of aromatic nitrogens is 5. The van der Waals surface area contributed by atoms with Crippen molar-refractivity contribution in [2.24, 2.45) is 7.05 Å². The molecule has 0 aromatic carbocycles. The number of nitrogens with one attached hydrogen (secondary N) is 2. The van der Waals surface area contributed by atoms with Gasteiger partial charge in [0.25, 0.3) is 5.91 Å². The molecule has 7 nitrogen and oxygen atoms in total. The fourth-order valence-electron chi connectivity index (χ4n) is 1.32. The van der Waals surface area contributed by atoms with E-state index in [1.165, 1.54) is 6.33 Å². The normalized spacial score (nSPS) is 10.3. The Morgan fingerprint density at radius 1 is 1.62 bits per heavy atom. The van der Waals surface area contributed by atoms with Crippen molar-refractivity contribution >= 4 is 5.91 Å². The van der Waals surface area contributed by atoms with E-state index in [1.807, 2.05) is 13.2 Å². The number of rotatable bonds is 4. The second kappa shape index (κ2) is 4.56. The van der Waals surface area contributed by atoms with Gasteiger partial charge in [0.15, 0.2) is 0 Å². The maximum atomic E-state index is 11.4. The first-order valence-electron chi connectivity index (χ1n) is 4.87. The van der Waals surface area contributed by atoms with Crippen LogP contribution in [0.5, 0.6) is 0 Å². The van der Waals surface area contributed by atoms with E-state index in [4.69, 9.17) is 0 Å². The van der Waals surface area contributed by atoms with Gasteiger partial charge in [0.1, 0.15) is 6.33 Å². The summed E-state index contributed by atoms with van der Waals surface area (Å²) in [5, 5.41) is 12.9. The second-order valence-electron chi connectivity index (χ2n) is 3.36. The molecule has 2 N–H and O–H groups in total. The first-order valence-corrected chi connectivity index (χ1v) is 4.87. The predicted molar refractivity (Wildman–Crippen MR) is 55.6 cm³/mol. The quantitative estimate of drug-likeness (QED) is 0.727. The Kier molecular flexibility index (Phi) is 2.95. The Morgan fingerprint density at radius 2 is 2.50 bits per heavy atom. The van der Waals surface area contributed by atoms with Gasteiger partial charge in [-0.1, -0.05) is 0 Å². The molecule has 0 aliphatic carbocycles. The molecule has 0 atom stereocenters. The molecule has 84 valence electrons. The van der Waals surface area contributed by atoms with E-state index in [0.29, 0.717) is 6.54 Å². The van der Waals surface area contributed by atoms with Crippen molar-refractivity contribution in [3.8, 4) is 0 Å². The lowest BCUT2D eigenvalue weighted by atomic mass is 10.2. The molecule has 0 spiro atoms. The van der Waals surface area contributed by atoms with Crippen LogP contribution in [0.25, 0.3) is 0 Å². The zero-order chi connectivity index (χ0) is 11.4. The molecule has 0 fully saturated rings. The molecule has 0 bridgehead atoms. The summed E-state index contributed by atoms with van der Waals surface area (Å²) in [6.07, 6.45) is 5.74. The Hall–Kier alpha value is -2.18. The molecule has 0 unspecified atom stereocenters. The van der Waals surface area contributed by atoms with E-state index >= 15 is 0 Å². The largest absolute Gasteiger partial charge is 0.349 e. The van der Waals surface area contributed by atoms with Crippen molar-refractivity contribution in [3.05, 3.63) is 30.1 Å². The van der Waals surface area contributed by atoms with E-state index in [-0.39, 0.29) is 11.7 Å². The number of hydrogen-bond acceptors (Lipinski definition) is 4. The van der Waals surface area contributed by atoms with Gasteiger partial charge in [-0.25, -0.2) is 4.98 Å². The zero-order valence-electron chi connectivity index (χ0n) is 8.84. The third-order valence-electron chi connectivity index (χ3n) is 2.09. The van der Waals surface area contributed by atoms with Crippen LogP contribution < -0.4 is 5.32 Å². The number of aromatic amines is 1. The van der Waals surface area contributed by atoms with E-state index < -0.39 is 0 Å². The molecule has 16 heavy (non-hydrogen) atoms. The van der Waals surface area contributed by atoms with Crippen LogP contribution in [0.4, 0.5) is 0 Å². The Morgan fingerprint density at radius 3 is 3.12 bits per heavy atom. The minimum Gasteiger partial charge on any atom is -0.349 e. The van der Waals surface area contributed by atoms with E-state index in [2.05, 4.69) is 25.6 Å². The summed E-state index contributed by atoms with van der Waals surface area (Å²) < 4.78 is 1.73. The van der Waals surface area contributed by atoms with Crippen molar-refractivity contribution in [2.75, 3.05) is 6.54 Å². The van der Waals surface area contributed by atoms with Crippen LogP contribution >= 0.6 is 0 Å². The number of H-pyrrole nitrogens is 1. The Balaban J connectivity index is 1.78. The smallest absolute Gasteiger partial charge is 0.288 e. The zero-order valence-corrected chi connectivity index (χ0v) is 8.84. The summed E-state index contributed by atoms with van der Waals surface area (Å²) in [6.45, 7) is 0.547. The van der Waals surface area contributed by atoms with Crippen LogP contribution in [0.2, 0.25) is 0 Å². The van der Waals surface area contributed by atoms with Crippen LogP contribution in [0, 0.1) is 0 Å². The van der Waals surface area contributed by atoms with Crippen LogP contribution in [0.3, 0.4) is 0 Å². The van der Waals surface area contributed by atoms with Gasteiger partial charge in [-0.15, -0.1) is 0 Å². The lowest BCUT2D eigenvalue weighted by Crippen LogP contribution is -2.26. The minimum atomic E-state index is -0.249. The number of carbonyl (C=O) groups is 1.